The van der Waals surface area contributed by atoms with Gasteiger partial charge in [0.15, 0.2) is 6.10 Å². The van der Waals surface area contributed by atoms with E-state index in [4.69, 9.17) is 18.9 Å². The molecule has 62 heavy (non-hydrogen) atoms. The van der Waals surface area contributed by atoms with Crippen molar-refractivity contribution in [1.82, 2.24) is 10.2 Å². The van der Waals surface area contributed by atoms with Gasteiger partial charge in [0.05, 0.1) is 31.6 Å². The third-order valence-electron chi connectivity index (χ3n) is 11.6. The molecule has 0 radical (unpaired) electrons. The monoisotopic (exact) mass is 881 g/mol. The minimum Gasteiger partial charge on any atom is -0.465 e. The molecule has 0 rings (SSSR count). The number of nitrogens with zero attached hydrogens (tertiary/aromatic N) is 1. The summed E-state index contributed by atoms with van der Waals surface area (Å²) < 4.78 is 22.6. The number of amides is 1. The number of hydrogen-bond donors (Lipinski definition) is 1. The molecular weight excluding hydrogens is 785 g/mol. The number of hydrogen-bond acceptors (Lipinski definition) is 10. The van der Waals surface area contributed by atoms with E-state index in [1.54, 1.807) is 0 Å². The van der Waals surface area contributed by atoms with Crippen LogP contribution in [0.5, 0.6) is 0 Å². The molecule has 0 aromatic rings. The summed E-state index contributed by atoms with van der Waals surface area (Å²) in [6.07, 6.45) is 29.4. The van der Waals surface area contributed by atoms with Gasteiger partial charge >= 0.3 is 23.9 Å². The van der Waals surface area contributed by atoms with Gasteiger partial charge in [0.2, 0.25) is 5.91 Å². The summed E-state index contributed by atoms with van der Waals surface area (Å²) in [6.45, 7) is 9.97. The van der Waals surface area contributed by atoms with Gasteiger partial charge in [-0.2, -0.15) is 0 Å². The van der Waals surface area contributed by atoms with Crippen molar-refractivity contribution in [1.29, 1.82) is 0 Å². The number of unbranched alkanes of at least 4 members (excludes halogenated alkanes) is 18. The van der Waals surface area contributed by atoms with Crippen LogP contribution in [0, 0.1) is 11.8 Å². The second-order valence-electron chi connectivity index (χ2n) is 18.0. The minimum atomic E-state index is -0.834. The van der Waals surface area contributed by atoms with E-state index in [9.17, 15) is 24.0 Å². The van der Waals surface area contributed by atoms with Crippen molar-refractivity contribution in [2.24, 2.45) is 11.8 Å². The fourth-order valence-electron chi connectivity index (χ4n) is 7.57. The summed E-state index contributed by atoms with van der Waals surface area (Å²) in [7, 11) is 3.90. The van der Waals surface area contributed by atoms with Gasteiger partial charge in [0, 0.05) is 19.3 Å². The number of carbonyl (C=O) groups is 5. The highest BCUT2D eigenvalue weighted by Gasteiger charge is 2.22. The number of esters is 4. The maximum absolute atomic E-state index is 13.0. The summed E-state index contributed by atoms with van der Waals surface area (Å²) in [5.74, 6) is -1.42. The highest BCUT2D eigenvalue weighted by molar-refractivity contribution is 5.76. The third kappa shape index (κ3) is 37.8. The van der Waals surface area contributed by atoms with Crippen LogP contribution in [0.4, 0.5) is 0 Å². The zero-order chi connectivity index (χ0) is 45.9. The quantitative estimate of drug-likeness (QED) is 0.0357. The number of carbonyl (C=O) groups excluding carboxylic acids is 5. The second-order valence-corrected chi connectivity index (χ2v) is 18.0. The number of ether oxygens (including phenoxy) is 4. The van der Waals surface area contributed by atoms with E-state index in [0.717, 1.165) is 96.4 Å². The van der Waals surface area contributed by atoms with Crippen LogP contribution in [0.15, 0.2) is 0 Å². The zero-order valence-corrected chi connectivity index (χ0v) is 41.0. The summed E-state index contributed by atoms with van der Waals surface area (Å²) in [5.41, 5.74) is 0. The second kappa shape index (κ2) is 43.6. The van der Waals surface area contributed by atoms with Gasteiger partial charge in [-0.05, 0) is 78.4 Å². The molecule has 0 spiro atoms. The molecule has 11 heteroatoms. The molecule has 1 N–H and O–H groups in total. The van der Waals surface area contributed by atoms with E-state index >= 15 is 0 Å². The van der Waals surface area contributed by atoms with Gasteiger partial charge < -0.3 is 29.2 Å². The van der Waals surface area contributed by atoms with E-state index in [1.807, 2.05) is 19.0 Å². The molecule has 0 saturated carbocycles. The molecule has 0 aromatic heterocycles. The van der Waals surface area contributed by atoms with Crippen LogP contribution in [-0.2, 0) is 42.9 Å². The molecule has 2 unspecified atom stereocenters. The van der Waals surface area contributed by atoms with Gasteiger partial charge in [-0.1, -0.05) is 156 Å². The smallest absolute Gasteiger partial charge is 0.308 e. The Balaban J connectivity index is 4.89. The normalized spacial score (nSPS) is 12.8. The Morgan fingerprint density at radius 1 is 0.452 bits per heavy atom. The first-order valence-electron chi connectivity index (χ1n) is 25.7. The van der Waals surface area contributed by atoms with E-state index in [0.29, 0.717) is 38.5 Å². The highest BCUT2D eigenvalue weighted by Crippen LogP contribution is 2.22. The number of nitrogens with one attached hydrogen (secondary N) is 1. The van der Waals surface area contributed by atoms with Crippen LogP contribution < -0.4 is 5.32 Å². The molecule has 11 nitrogen and oxygen atoms in total. The molecule has 0 heterocycles. The highest BCUT2D eigenvalue weighted by atomic mass is 16.6. The SMILES string of the molecule is CCCCCCCCC(CCCCCC)C(=O)OCCCCC(=O)OC[C@H](CNC(=O)CCCN(C)C)OC(=O)CCCCOC(=O)C(CCCCCC)CCCCCCCC. The lowest BCUT2D eigenvalue weighted by molar-refractivity contribution is -0.159. The number of rotatable bonds is 45. The van der Waals surface area contributed by atoms with Crippen molar-refractivity contribution in [2.45, 2.75) is 239 Å². The van der Waals surface area contributed by atoms with Crippen LogP contribution in [0.2, 0.25) is 0 Å². The van der Waals surface area contributed by atoms with Gasteiger partial charge in [-0.15, -0.1) is 0 Å². The van der Waals surface area contributed by atoms with E-state index in [2.05, 4.69) is 33.0 Å². The molecule has 0 bridgehead atoms. The Morgan fingerprint density at radius 3 is 1.29 bits per heavy atom. The third-order valence-corrected chi connectivity index (χ3v) is 11.6. The van der Waals surface area contributed by atoms with E-state index in [1.165, 1.54) is 64.2 Å². The first kappa shape index (κ1) is 59.3. The Morgan fingerprint density at radius 2 is 0.855 bits per heavy atom. The van der Waals surface area contributed by atoms with Crippen LogP contribution in [-0.4, -0.2) is 87.8 Å². The molecule has 3 atom stereocenters. The average molecular weight is 881 g/mol. The molecule has 0 aliphatic carbocycles. The van der Waals surface area contributed by atoms with Crippen molar-refractivity contribution in [2.75, 3.05) is 47.0 Å². The fraction of sp³-hybridized carbons (Fsp3) is 0.902. The van der Waals surface area contributed by atoms with E-state index < -0.39 is 18.0 Å². The van der Waals surface area contributed by atoms with Gasteiger partial charge in [0.25, 0.3) is 0 Å². The summed E-state index contributed by atoms with van der Waals surface area (Å²) in [5, 5.41) is 2.82. The van der Waals surface area contributed by atoms with E-state index in [-0.39, 0.29) is 68.9 Å². The summed E-state index contributed by atoms with van der Waals surface area (Å²) in [6, 6.07) is 0. The summed E-state index contributed by atoms with van der Waals surface area (Å²) in [4.78, 5) is 66.1. The minimum absolute atomic E-state index is 0.0317. The van der Waals surface area contributed by atoms with Crippen LogP contribution in [0.1, 0.15) is 233 Å². The first-order chi connectivity index (χ1) is 30.1. The molecular formula is C51H96N2O9. The van der Waals surface area contributed by atoms with Crippen molar-refractivity contribution >= 4 is 29.8 Å². The largest absolute Gasteiger partial charge is 0.465 e. The molecule has 0 aromatic carbocycles. The zero-order valence-electron chi connectivity index (χ0n) is 41.0. The van der Waals surface area contributed by atoms with Crippen molar-refractivity contribution in [3.8, 4) is 0 Å². The summed E-state index contributed by atoms with van der Waals surface area (Å²) >= 11 is 0. The Bertz CT molecular complexity index is 1100. The Kier molecular flexibility index (Phi) is 41.7. The van der Waals surface area contributed by atoms with Crippen LogP contribution in [0.3, 0.4) is 0 Å². The molecule has 0 fully saturated rings. The average Bonchev–Trinajstić information content (AvgIpc) is 3.25. The maximum atomic E-state index is 13.0. The fourth-order valence-corrected chi connectivity index (χ4v) is 7.57. The van der Waals surface area contributed by atoms with Crippen molar-refractivity contribution < 1.29 is 42.9 Å². The van der Waals surface area contributed by atoms with Crippen LogP contribution in [0.25, 0.3) is 0 Å². The van der Waals surface area contributed by atoms with Crippen molar-refractivity contribution in [3.05, 3.63) is 0 Å². The maximum Gasteiger partial charge on any atom is 0.308 e. The Labute approximate surface area is 380 Å². The predicted octanol–water partition coefficient (Wildman–Crippen LogP) is 12.0. The van der Waals surface area contributed by atoms with Gasteiger partial charge in [-0.25, -0.2) is 0 Å². The first-order valence-corrected chi connectivity index (χ1v) is 25.7. The van der Waals surface area contributed by atoms with Crippen molar-refractivity contribution in [3.63, 3.8) is 0 Å². The molecule has 0 saturated heterocycles. The standard InChI is InChI=1S/C51H96N2O9/c1-7-11-15-19-21-25-34-44(32-23-17-13-9-3)50(57)59-40-29-27-37-48(55)61-43-46(42-52-47(54)36-31-39-53(5)6)62-49(56)38-28-30-41-60-51(58)45(33-24-18-14-10-4)35-26-22-20-16-12-8-2/h44-46H,7-43H2,1-6H3,(H,52,54)/t44?,45?,46-/m0/s1. The topological polar surface area (TPSA) is 138 Å². The lowest BCUT2D eigenvalue weighted by Crippen LogP contribution is -2.38. The molecule has 0 aliphatic rings. The lowest BCUT2D eigenvalue weighted by Gasteiger charge is -2.19. The predicted molar refractivity (Wildman–Crippen MR) is 252 cm³/mol. The Hall–Kier alpha value is -2.69. The lowest BCUT2D eigenvalue weighted by atomic mass is 9.94. The molecule has 1 amide bonds. The van der Waals surface area contributed by atoms with Crippen LogP contribution >= 0.6 is 0 Å². The molecule has 0 aliphatic heterocycles. The van der Waals surface area contributed by atoms with Gasteiger partial charge in [0.1, 0.15) is 6.61 Å². The molecule has 364 valence electrons. The van der Waals surface area contributed by atoms with Gasteiger partial charge in [-0.3, -0.25) is 24.0 Å².